The van der Waals surface area contributed by atoms with Gasteiger partial charge in [0.15, 0.2) is 0 Å². The molecule has 15 aromatic carbocycles. The molecular formula is C132H114N6. The number of aromatic nitrogens is 6. The number of benzene rings is 15. The normalized spacial score (nSPS) is 16.2. The number of hydrogen-bond donors (Lipinski definition) is 0. The molecule has 0 aliphatic heterocycles. The van der Waals surface area contributed by atoms with Gasteiger partial charge in [0, 0.05) is 101 Å². The lowest BCUT2D eigenvalue weighted by molar-refractivity contribution is 0.353. The Labute approximate surface area is 810 Å². The zero-order valence-electron chi connectivity index (χ0n) is 81.7. The molecule has 672 valence electrons. The summed E-state index contributed by atoms with van der Waals surface area (Å²) in [4.78, 5) is 15.8. The largest absolute Gasteiger partial charge is 0.309 e. The van der Waals surface area contributed by atoms with Crippen LogP contribution in [0.15, 0.2) is 364 Å². The highest BCUT2D eigenvalue weighted by Crippen LogP contribution is 2.59. The highest BCUT2D eigenvalue weighted by molar-refractivity contribution is 6.16. The van der Waals surface area contributed by atoms with Crippen LogP contribution in [0.25, 0.3) is 183 Å². The summed E-state index contributed by atoms with van der Waals surface area (Å²) in [6.07, 6.45) is 8.71. The molecule has 0 radical (unpaired) electrons. The Kier molecular flexibility index (Phi) is 19.1. The van der Waals surface area contributed by atoms with E-state index in [1.54, 1.807) is 0 Å². The second-order valence-corrected chi connectivity index (χ2v) is 44.6. The Balaban J connectivity index is 0.726. The maximum absolute atomic E-state index is 5.27. The summed E-state index contributed by atoms with van der Waals surface area (Å²) in [5.41, 5.74) is 46.6. The molecule has 6 nitrogen and oxygen atoms in total. The van der Waals surface area contributed by atoms with Gasteiger partial charge in [0.2, 0.25) is 0 Å². The van der Waals surface area contributed by atoms with Gasteiger partial charge in [0.25, 0.3) is 0 Å². The Bertz CT molecular complexity index is 7880. The summed E-state index contributed by atoms with van der Waals surface area (Å²) >= 11 is 0. The summed E-state index contributed by atoms with van der Waals surface area (Å²) in [6, 6.07) is 134. The van der Waals surface area contributed by atoms with Crippen LogP contribution < -0.4 is 0 Å². The van der Waals surface area contributed by atoms with Crippen molar-refractivity contribution in [2.75, 3.05) is 0 Å². The molecule has 0 unspecified atom stereocenters. The molecule has 25 rings (SSSR count). The van der Waals surface area contributed by atoms with E-state index >= 15 is 0 Å². The number of nitrogens with zero attached hydrogens (tertiary/aromatic N) is 6. The topological polar surface area (TPSA) is 53.5 Å². The summed E-state index contributed by atoms with van der Waals surface area (Å²) in [5, 5.41) is 7.41. The maximum atomic E-state index is 5.27. The minimum absolute atomic E-state index is 0.0364. The molecule has 0 saturated heterocycles. The Morgan fingerprint density at radius 1 is 0.217 bits per heavy atom. The van der Waals surface area contributed by atoms with Crippen LogP contribution in [0.1, 0.15) is 208 Å². The van der Waals surface area contributed by atoms with Gasteiger partial charge in [-0.25, -0.2) is 0 Å². The summed E-state index contributed by atoms with van der Waals surface area (Å²) in [7, 11) is 0. The highest BCUT2D eigenvalue weighted by Gasteiger charge is 2.43. The van der Waals surface area contributed by atoms with Crippen LogP contribution in [-0.4, -0.2) is 28.7 Å². The minimum atomic E-state index is -0.240. The Hall–Kier alpha value is -14.9. The zero-order valence-corrected chi connectivity index (χ0v) is 81.7. The van der Waals surface area contributed by atoms with E-state index in [-0.39, 0.29) is 50.2 Å². The first-order chi connectivity index (χ1) is 66.6. The molecule has 4 aliphatic rings. The van der Waals surface area contributed by atoms with Crippen molar-refractivity contribution in [1.29, 1.82) is 0 Å². The van der Waals surface area contributed by atoms with E-state index in [1.807, 2.05) is 18.6 Å². The van der Waals surface area contributed by atoms with Crippen molar-refractivity contribution in [3.63, 3.8) is 0 Å². The number of fused-ring (bicyclic) bond motifs is 18. The predicted octanol–water partition coefficient (Wildman–Crippen LogP) is 34.8. The third kappa shape index (κ3) is 13.3. The second kappa shape index (κ2) is 31.1. The van der Waals surface area contributed by atoms with Crippen LogP contribution in [0.5, 0.6) is 0 Å². The lowest BCUT2D eigenvalue weighted by atomic mass is 9.66. The lowest BCUT2D eigenvalue weighted by Gasteiger charge is -2.38. The van der Waals surface area contributed by atoms with E-state index in [0.29, 0.717) is 0 Å². The first-order valence-electron chi connectivity index (χ1n) is 49.7. The molecule has 6 heterocycles. The fourth-order valence-corrected chi connectivity index (χ4v) is 25.1. The van der Waals surface area contributed by atoms with Gasteiger partial charge in [-0.1, -0.05) is 340 Å². The zero-order chi connectivity index (χ0) is 94.1. The van der Waals surface area contributed by atoms with E-state index in [2.05, 4.69) is 463 Å². The van der Waals surface area contributed by atoms with Gasteiger partial charge >= 0.3 is 0 Å². The van der Waals surface area contributed by atoms with Crippen LogP contribution in [0.3, 0.4) is 0 Å². The van der Waals surface area contributed by atoms with E-state index in [1.165, 1.54) is 199 Å². The molecule has 1 saturated carbocycles. The molecule has 0 amide bonds. The molecule has 0 spiro atoms. The number of rotatable bonds is 12. The first-order valence-corrected chi connectivity index (χ1v) is 49.7. The van der Waals surface area contributed by atoms with Crippen LogP contribution in [0, 0.1) is 0 Å². The summed E-state index contributed by atoms with van der Waals surface area (Å²) < 4.78 is 7.88. The molecule has 21 aromatic rings. The van der Waals surface area contributed by atoms with Crippen molar-refractivity contribution in [2.24, 2.45) is 0 Å². The van der Waals surface area contributed by atoms with Crippen LogP contribution in [0.4, 0.5) is 0 Å². The third-order valence-corrected chi connectivity index (χ3v) is 32.4. The predicted molar refractivity (Wildman–Crippen MR) is 579 cm³/mol. The maximum Gasteiger partial charge on any atom is 0.0705 e. The van der Waals surface area contributed by atoms with Crippen LogP contribution >= 0.6 is 0 Å². The number of hydrogen-bond acceptors (Lipinski definition) is 3. The molecule has 6 aromatic heterocycles. The van der Waals surface area contributed by atoms with Crippen molar-refractivity contribution in [3.8, 4) is 118 Å². The lowest BCUT2D eigenvalue weighted by Crippen LogP contribution is -2.21. The van der Waals surface area contributed by atoms with E-state index < -0.39 is 0 Å². The van der Waals surface area contributed by atoms with Gasteiger partial charge in [0.1, 0.15) is 0 Å². The van der Waals surface area contributed by atoms with Gasteiger partial charge in [-0.05, 0) is 279 Å². The van der Waals surface area contributed by atoms with Crippen molar-refractivity contribution >= 4 is 65.4 Å². The molecule has 138 heavy (non-hydrogen) atoms. The fourth-order valence-electron chi connectivity index (χ4n) is 25.1. The second-order valence-electron chi connectivity index (χ2n) is 44.6. The van der Waals surface area contributed by atoms with Gasteiger partial charge in [-0.3, -0.25) is 15.0 Å². The Morgan fingerprint density at radius 3 is 0.754 bits per heavy atom. The van der Waals surface area contributed by atoms with E-state index in [0.717, 1.165) is 70.1 Å². The van der Waals surface area contributed by atoms with E-state index in [4.69, 9.17) is 15.0 Å². The average molecular weight is 1780 g/mol. The molecule has 0 N–H and O–H groups in total. The van der Waals surface area contributed by atoms with Gasteiger partial charge < -0.3 is 13.7 Å². The number of pyridine rings is 3. The van der Waals surface area contributed by atoms with Crippen molar-refractivity contribution in [2.45, 2.75) is 173 Å². The fraction of sp³-hybridized carbons (Fsp3) is 0.205. The monoisotopic (exact) mass is 1780 g/mol. The van der Waals surface area contributed by atoms with Gasteiger partial charge in [-0.15, -0.1) is 0 Å². The van der Waals surface area contributed by atoms with E-state index in [9.17, 15) is 0 Å². The molecule has 0 atom stereocenters. The SMILES string of the molecule is CC(C)(C)c1ccnc(-c2ccc(-c3ccccc3C3CC(c4ccccc4-c4ccc(-c5cc(C(C)(C)C)ccn5)cc4-n4c5ccccc5c5cc6c(cc54)C(C)(C)c4ccccc4-6)CC(c4ccccc4-c4ccc(-c5cc(C(C)(C)C)ccn5)cc4-n4c5ccccc5c5cc6c(cc54)C(C)(C)c4ccccc4-6)C3)c(-n3c4ccccc4c4cc5c(cc43)C(C)(C)c3ccccc3-5)c2)c1. The standard InChI is InChI=1S/C132H114N6/c1-127(2,3)85-58-61-133-115(70-85)79-52-55-100(121(67-79)136-118-49-31-25-43-97(118)106-73-103-94-40-22-28-46-109(94)130(10,11)112(103)76-124(106)136)91-37-19-16-34-88(91)82-64-83(89-35-17-20-38-92(89)101-56-53-80(116-71-86(59-62-134-116)128(4,5)6)68-122(101)137-119-50-32-26-44-98(119)107-74-104-95-41-23-29-47-110(95)131(12,13)113(104)77-125(107)137)66-84(65-82)90-36-18-21-39-93(90)102-57-54-81(117-72-87(60-63-135-117)129(7,8)9)69-123(102)138-120-51-33-27-45-99(120)108-75-105-96-42-24-30-48-111(96)132(14,15)114(105)78-126(108)138/h16-63,67-78,82-84H,64-66H2,1-15H3. The van der Waals surface area contributed by atoms with Crippen LogP contribution in [-0.2, 0) is 32.5 Å². The molecular weight excluding hydrogens is 1670 g/mol. The molecule has 0 bridgehead atoms. The van der Waals surface area contributed by atoms with Gasteiger partial charge in [0.05, 0.1) is 67.2 Å². The number of para-hydroxylation sites is 3. The highest BCUT2D eigenvalue weighted by atomic mass is 15.0. The van der Waals surface area contributed by atoms with Crippen molar-refractivity contribution in [3.05, 3.63) is 431 Å². The minimum Gasteiger partial charge on any atom is -0.309 e. The third-order valence-electron chi connectivity index (χ3n) is 32.4. The molecule has 4 aliphatic carbocycles. The van der Waals surface area contributed by atoms with Gasteiger partial charge in [-0.2, -0.15) is 0 Å². The summed E-state index contributed by atoms with van der Waals surface area (Å²) in [5.74, 6) is 0.109. The smallest absolute Gasteiger partial charge is 0.0705 e. The Morgan fingerprint density at radius 2 is 0.471 bits per heavy atom. The van der Waals surface area contributed by atoms with Crippen molar-refractivity contribution < 1.29 is 0 Å². The average Bonchev–Trinajstić information content (AvgIpc) is 1.55. The summed E-state index contributed by atoms with van der Waals surface area (Å²) in [6.45, 7) is 35.3. The molecule has 1 fully saturated rings. The quantitative estimate of drug-likeness (QED) is 0.122. The molecule has 6 heteroatoms. The van der Waals surface area contributed by atoms with Crippen LogP contribution in [0.2, 0.25) is 0 Å². The first kappa shape index (κ1) is 84.9. The van der Waals surface area contributed by atoms with Crippen molar-refractivity contribution in [1.82, 2.24) is 28.7 Å².